The van der Waals surface area contributed by atoms with Crippen LogP contribution in [0.3, 0.4) is 0 Å². The Kier molecular flexibility index (Phi) is 9.42. The third-order valence-electron chi connectivity index (χ3n) is 5.02. The average Bonchev–Trinajstić information content (AvgIpc) is 2.75. The molecule has 0 saturated heterocycles. The zero-order valence-electron chi connectivity index (χ0n) is 18.5. The molecule has 2 aromatic rings. The minimum Gasteiger partial charge on any atom is -0.493 e. The van der Waals surface area contributed by atoms with E-state index in [1.54, 1.807) is 12.1 Å². The van der Waals surface area contributed by atoms with E-state index in [2.05, 4.69) is 12.2 Å². The van der Waals surface area contributed by atoms with Crippen molar-refractivity contribution in [3.8, 4) is 17.6 Å². The Balaban J connectivity index is 2.21. The zero-order chi connectivity index (χ0) is 22.8. The van der Waals surface area contributed by atoms with Crippen molar-refractivity contribution in [3.05, 3.63) is 57.6 Å². The first kappa shape index (κ1) is 24.3. The second-order valence-corrected chi connectivity index (χ2v) is 7.72. The second kappa shape index (κ2) is 12.0. The predicted octanol–water partition coefficient (Wildman–Crippen LogP) is 6.47. The molecule has 5 nitrogen and oxygen atoms in total. The van der Waals surface area contributed by atoms with Crippen molar-refractivity contribution in [2.45, 2.75) is 46.5 Å². The smallest absolute Gasteiger partial charge is 0.266 e. The number of hydrogen-bond acceptors (Lipinski definition) is 4. The molecule has 2 rings (SSSR count). The van der Waals surface area contributed by atoms with Crippen molar-refractivity contribution in [1.29, 1.82) is 5.26 Å². The first-order chi connectivity index (χ1) is 14.9. The molecule has 1 amide bonds. The molecule has 0 heterocycles. The van der Waals surface area contributed by atoms with Crippen LogP contribution in [0.15, 0.2) is 35.9 Å². The average molecular weight is 441 g/mol. The summed E-state index contributed by atoms with van der Waals surface area (Å²) >= 11 is 6.41. The van der Waals surface area contributed by atoms with Gasteiger partial charge in [0, 0.05) is 5.69 Å². The van der Waals surface area contributed by atoms with Gasteiger partial charge < -0.3 is 14.8 Å². The van der Waals surface area contributed by atoms with Gasteiger partial charge in [-0.05, 0) is 61.2 Å². The van der Waals surface area contributed by atoms with Gasteiger partial charge in [0.1, 0.15) is 11.6 Å². The highest BCUT2D eigenvalue weighted by atomic mass is 35.5. The molecule has 31 heavy (non-hydrogen) atoms. The molecule has 0 saturated carbocycles. The maximum atomic E-state index is 12.7. The van der Waals surface area contributed by atoms with Gasteiger partial charge in [0.2, 0.25) is 0 Å². The maximum absolute atomic E-state index is 12.7. The van der Waals surface area contributed by atoms with E-state index in [9.17, 15) is 10.1 Å². The number of unbranched alkanes of at least 4 members (excludes halogenated alkanes) is 3. The molecule has 164 valence electrons. The number of anilines is 1. The molecule has 0 radical (unpaired) electrons. The van der Waals surface area contributed by atoms with Crippen LogP contribution >= 0.6 is 11.6 Å². The van der Waals surface area contributed by atoms with E-state index in [-0.39, 0.29) is 5.57 Å². The summed E-state index contributed by atoms with van der Waals surface area (Å²) in [7, 11) is 1.53. The standard InChI is InChI=1S/C25H29ClN2O3/c1-5-6-7-8-12-31-24-21(26)14-19(15-23(24)30-4)13-20(16-27)25(29)28-22-11-9-10-17(2)18(22)3/h9-11,13-15H,5-8,12H2,1-4H3,(H,28,29)/b20-13-. The van der Waals surface area contributed by atoms with Crippen LogP contribution in [0.25, 0.3) is 6.08 Å². The van der Waals surface area contributed by atoms with E-state index in [1.807, 2.05) is 38.1 Å². The van der Waals surface area contributed by atoms with Crippen molar-refractivity contribution in [2.24, 2.45) is 0 Å². The number of carbonyl (C=O) groups is 1. The van der Waals surface area contributed by atoms with Gasteiger partial charge in [-0.1, -0.05) is 49.9 Å². The number of rotatable bonds is 10. The number of nitrogens with zero attached hydrogens (tertiary/aromatic N) is 1. The number of methoxy groups -OCH3 is 1. The van der Waals surface area contributed by atoms with Crippen LogP contribution in [0, 0.1) is 25.2 Å². The largest absolute Gasteiger partial charge is 0.493 e. The van der Waals surface area contributed by atoms with E-state index < -0.39 is 5.91 Å². The first-order valence-corrected chi connectivity index (χ1v) is 10.8. The lowest BCUT2D eigenvalue weighted by molar-refractivity contribution is -0.112. The highest BCUT2D eigenvalue weighted by Crippen LogP contribution is 2.37. The molecule has 0 atom stereocenters. The Morgan fingerprint density at radius 2 is 2.00 bits per heavy atom. The van der Waals surface area contributed by atoms with Gasteiger partial charge in [-0.15, -0.1) is 0 Å². The molecule has 1 N–H and O–H groups in total. The summed E-state index contributed by atoms with van der Waals surface area (Å²) in [5.74, 6) is 0.445. The molecule has 0 aliphatic heterocycles. The lowest BCUT2D eigenvalue weighted by Crippen LogP contribution is -2.14. The van der Waals surface area contributed by atoms with E-state index in [0.29, 0.717) is 34.4 Å². The first-order valence-electron chi connectivity index (χ1n) is 10.4. The number of carbonyl (C=O) groups excluding carboxylic acids is 1. The molecule has 6 heteroatoms. The third-order valence-corrected chi connectivity index (χ3v) is 5.31. The van der Waals surface area contributed by atoms with Crippen LogP contribution in [0.1, 0.15) is 49.3 Å². The Morgan fingerprint density at radius 1 is 1.23 bits per heavy atom. The highest BCUT2D eigenvalue weighted by Gasteiger charge is 2.15. The zero-order valence-corrected chi connectivity index (χ0v) is 19.3. The predicted molar refractivity (Wildman–Crippen MR) is 126 cm³/mol. The minimum absolute atomic E-state index is 0.0349. The van der Waals surface area contributed by atoms with E-state index >= 15 is 0 Å². The topological polar surface area (TPSA) is 71.3 Å². The lowest BCUT2D eigenvalue weighted by atomic mass is 10.1. The Hall–Kier alpha value is -2.97. The van der Waals surface area contributed by atoms with Gasteiger partial charge in [0.25, 0.3) is 5.91 Å². The second-order valence-electron chi connectivity index (χ2n) is 7.31. The van der Waals surface area contributed by atoms with Gasteiger partial charge in [-0.25, -0.2) is 0 Å². The fraction of sp³-hybridized carbons (Fsp3) is 0.360. The van der Waals surface area contributed by atoms with Crippen molar-refractivity contribution >= 4 is 29.3 Å². The van der Waals surface area contributed by atoms with Crippen molar-refractivity contribution in [3.63, 3.8) is 0 Å². The van der Waals surface area contributed by atoms with Crippen LogP contribution in [-0.4, -0.2) is 19.6 Å². The summed E-state index contributed by atoms with van der Waals surface area (Å²) in [6.07, 6.45) is 5.84. The van der Waals surface area contributed by atoms with Gasteiger partial charge in [-0.3, -0.25) is 4.79 Å². The van der Waals surface area contributed by atoms with E-state index in [1.165, 1.54) is 19.6 Å². The summed E-state index contributed by atoms with van der Waals surface area (Å²) in [4.78, 5) is 12.7. The molecular formula is C25H29ClN2O3. The summed E-state index contributed by atoms with van der Waals surface area (Å²) in [5, 5.41) is 12.7. The number of nitrogens with one attached hydrogen (secondary N) is 1. The van der Waals surface area contributed by atoms with Crippen LogP contribution in [0.4, 0.5) is 5.69 Å². The molecule has 0 fully saturated rings. The fourth-order valence-electron chi connectivity index (χ4n) is 3.06. The SMILES string of the molecule is CCCCCCOc1c(Cl)cc(/C=C(/C#N)C(=O)Nc2cccc(C)c2C)cc1OC. The Morgan fingerprint density at radius 3 is 2.68 bits per heavy atom. The molecule has 0 aliphatic carbocycles. The molecule has 0 unspecified atom stereocenters. The molecule has 0 aliphatic rings. The summed E-state index contributed by atoms with van der Waals surface area (Å²) in [5.41, 5.74) is 3.23. The number of nitriles is 1. The maximum Gasteiger partial charge on any atom is 0.266 e. The van der Waals surface area contributed by atoms with Crippen LogP contribution in [-0.2, 0) is 4.79 Å². The fourth-order valence-corrected chi connectivity index (χ4v) is 3.33. The van der Waals surface area contributed by atoms with E-state index in [4.69, 9.17) is 21.1 Å². The quantitative estimate of drug-likeness (QED) is 0.261. The molecular weight excluding hydrogens is 412 g/mol. The number of benzene rings is 2. The number of aryl methyl sites for hydroxylation is 1. The number of hydrogen-bond donors (Lipinski definition) is 1. The summed E-state index contributed by atoms with van der Waals surface area (Å²) < 4.78 is 11.2. The minimum atomic E-state index is -0.484. The Labute approximate surface area is 189 Å². The monoisotopic (exact) mass is 440 g/mol. The van der Waals surface area contributed by atoms with Gasteiger partial charge in [0.05, 0.1) is 18.7 Å². The normalized spacial score (nSPS) is 11.0. The number of amides is 1. The lowest BCUT2D eigenvalue weighted by Gasteiger charge is -2.13. The van der Waals surface area contributed by atoms with Crippen LogP contribution < -0.4 is 14.8 Å². The highest BCUT2D eigenvalue weighted by molar-refractivity contribution is 6.32. The van der Waals surface area contributed by atoms with Crippen LogP contribution in [0.2, 0.25) is 5.02 Å². The molecule has 0 spiro atoms. The van der Waals surface area contributed by atoms with Crippen molar-refractivity contribution in [2.75, 3.05) is 19.0 Å². The van der Waals surface area contributed by atoms with E-state index in [0.717, 1.165) is 30.4 Å². The van der Waals surface area contributed by atoms with Gasteiger partial charge >= 0.3 is 0 Å². The van der Waals surface area contributed by atoms with Gasteiger partial charge in [0.15, 0.2) is 11.5 Å². The molecule has 2 aromatic carbocycles. The number of halogens is 1. The van der Waals surface area contributed by atoms with Crippen molar-refractivity contribution < 1.29 is 14.3 Å². The summed E-state index contributed by atoms with van der Waals surface area (Å²) in [6.45, 7) is 6.60. The number of ether oxygens (including phenoxy) is 2. The van der Waals surface area contributed by atoms with Crippen molar-refractivity contribution in [1.82, 2.24) is 0 Å². The third kappa shape index (κ3) is 6.77. The van der Waals surface area contributed by atoms with Crippen LogP contribution in [0.5, 0.6) is 11.5 Å². The van der Waals surface area contributed by atoms with Gasteiger partial charge in [-0.2, -0.15) is 5.26 Å². The Bertz CT molecular complexity index is 993. The molecule has 0 bridgehead atoms. The molecule has 0 aromatic heterocycles. The summed E-state index contributed by atoms with van der Waals surface area (Å²) in [6, 6.07) is 11.0.